The molecule has 0 spiro atoms. The van der Waals surface area contributed by atoms with Crippen molar-refractivity contribution >= 4 is 0 Å². The van der Waals surface area contributed by atoms with Crippen LogP contribution in [0.2, 0.25) is 0 Å². The van der Waals surface area contributed by atoms with Gasteiger partial charge in [0.1, 0.15) is 11.6 Å². The molecule has 0 bridgehead atoms. The Balaban J connectivity index is 1.97. The van der Waals surface area contributed by atoms with Crippen LogP contribution in [0.5, 0.6) is 5.88 Å². The van der Waals surface area contributed by atoms with E-state index in [-0.39, 0.29) is 11.8 Å². The number of rotatable bonds is 2. The third-order valence-corrected chi connectivity index (χ3v) is 4.61. The maximum Gasteiger partial charge on any atom is 0.229 e. The van der Waals surface area contributed by atoms with Crippen molar-refractivity contribution in [2.24, 2.45) is 5.73 Å². The number of ether oxygens (including phenoxy) is 1. The van der Waals surface area contributed by atoms with Gasteiger partial charge in [-0.1, -0.05) is 48.0 Å². The van der Waals surface area contributed by atoms with E-state index in [4.69, 9.17) is 10.5 Å². The van der Waals surface area contributed by atoms with E-state index in [1.54, 1.807) is 4.68 Å². The van der Waals surface area contributed by atoms with Crippen molar-refractivity contribution in [2.75, 3.05) is 0 Å². The molecule has 128 valence electrons. The minimum Gasteiger partial charge on any atom is -0.422 e. The van der Waals surface area contributed by atoms with Crippen LogP contribution in [-0.2, 0) is 0 Å². The lowest BCUT2D eigenvalue weighted by Gasteiger charge is -2.25. The van der Waals surface area contributed by atoms with Crippen LogP contribution in [0.1, 0.15) is 28.3 Å². The van der Waals surface area contributed by atoms with Crippen LogP contribution in [-0.4, -0.2) is 9.78 Å². The van der Waals surface area contributed by atoms with Crippen molar-refractivity contribution in [1.29, 1.82) is 5.26 Å². The molecular weight excluding hydrogens is 324 g/mol. The number of aryl methyl sites for hydroxylation is 2. The smallest absolute Gasteiger partial charge is 0.229 e. The summed E-state index contributed by atoms with van der Waals surface area (Å²) in [6.45, 7) is 3.96. The number of aromatic nitrogens is 2. The largest absolute Gasteiger partial charge is 0.422 e. The Morgan fingerprint density at radius 3 is 2.58 bits per heavy atom. The fraction of sp³-hybridized carbons (Fsp3) is 0.143. The molecule has 1 atom stereocenters. The minimum absolute atomic E-state index is 0.128. The van der Waals surface area contributed by atoms with E-state index in [1.807, 2.05) is 62.4 Å². The van der Waals surface area contributed by atoms with Crippen LogP contribution < -0.4 is 10.5 Å². The first-order chi connectivity index (χ1) is 12.6. The Hall–Kier alpha value is -3.52. The summed E-state index contributed by atoms with van der Waals surface area (Å²) in [5.41, 5.74) is 11.2. The monoisotopic (exact) mass is 342 g/mol. The first-order valence-electron chi connectivity index (χ1n) is 8.39. The van der Waals surface area contributed by atoms with E-state index in [0.29, 0.717) is 11.5 Å². The van der Waals surface area contributed by atoms with Gasteiger partial charge in [-0.05, 0) is 31.5 Å². The molecule has 3 aromatic rings. The molecule has 0 radical (unpaired) electrons. The second kappa shape index (κ2) is 6.08. The van der Waals surface area contributed by atoms with E-state index in [9.17, 15) is 5.26 Å². The van der Waals surface area contributed by atoms with Gasteiger partial charge in [-0.3, -0.25) is 0 Å². The fourth-order valence-corrected chi connectivity index (χ4v) is 3.44. The van der Waals surface area contributed by atoms with Crippen LogP contribution in [0, 0.1) is 25.2 Å². The lowest BCUT2D eigenvalue weighted by atomic mass is 9.83. The van der Waals surface area contributed by atoms with Crippen molar-refractivity contribution in [3.05, 3.63) is 88.4 Å². The molecule has 5 heteroatoms. The molecule has 5 nitrogen and oxygen atoms in total. The number of nitrogens with two attached hydrogens (primary N) is 1. The van der Waals surface area contributed by atoms with Crippen LogP contribution in [0.25, 0.3) is 5.69 Å². The Labute approximate surface area is 151 Å². The van der Waals surface area contributed by atoms with E-state index < -0.39 is 0 Å². The number of allylic oxidation sites excluding steroid dienone is 1. The van der Waals surface area contributed by atoms with Gasteiger partial charge < -0.3 is 10.5 Å². The molecule has 0 saturated carbocycles. The van der Waals surface area contributed by atoms with Crippen molar-refractivity contribution in [1.82, 2.24) is 9.78 Å². The first-order valence-corrected chi connectivity index (χ1v) is 8.39. The number of fused-ring (bicyclic) bond motifs is 1. The van der Waals surface area contributed by atoms with E-state index in [2.05, 4.69) is 17.2 Å². The van der Waals surface area contributed by atoms with Gasteiger partial charge in [0.25, 0.3) is 0 Å². The topological polar surface area (TPSA) is 76.9 Å². The second-order valence-electron chi connectivity index (χ2n) is 6.39. The second-order valence-corrected chi connectivity index (χ2v) is 6.39. The summed E-state index contributed by atoms with van der Waals surface area (Å²) in [7, 11) is 0. The summed E-state index contributed by atoms with van der Waals surface area (Å²) in [4.78, 5) is 0. The van der Waals surface area contributed by atoms with Gasteiger partial charge in [0.05, 0.1) is 22.9 Å². The summed E-state index contributed by atoms with van der Waals surface area (Å²) in [6, 6.07) is 20.1. The normalized spacial score (nSPS) is 16.0. The SMILES string of the molecule is Cc1cccc(C2C(C#N)=C(N)Oc3c2c(C)nn3-c2ccccc2)c1. The van der Waals surface area contributed by atoms with Crippen molar-refractivity contribution in [3.8, 4) is 17.6 Å². The molecule has 1 aliphatic rings. The highest BCUT2D eigenvalue weighted by atomic mass is 16.5. The number of hydrogen-bond acceptors (Lipinski definition) is 4. The summed E-state index contributed by atoms with van der Waals surface area (Å²) < 4.78 is 7.60. The van der Waals surface area contributed by atoms with E-state index in [1.165, 1.54) is 0 Å². The van der Waals surface area contributed by atoms with Gasteiger partial charge in [-0.2, -0.15) is 10.4 Å². The Morgan fingerprint density at radius 2 is 1.88 bits per heavy atom. The molecule has 4 rings (SSSR count). The van der Waals surface area contributed by atoms with Crippen molar-refractivity contribution in [2.45, 2.75) is 19.8 Å². The van der Waals surface area contributed by atoms with Gasteiger partial charge in [-0.15, -0.1) is 0 Å². The lowest BCUT2D eigenvalue weighted by molar-refractivity contribution is 0.367. The lowest BCUT2D eigenvalue weighted by Crippen LogP contribution is -2.22. The third kappa shape index (κ3) is 2.44. The quantitative estimate of drug-likeness (QED) is 0.770. The third-order valence-electron chi connectivity index (χ3n) is 4.61. The summed E-state index contributed by atoms with van der Waals surface area (Å²) in [6.07, 6.45) is 0. The maximum atomic E-state index is 9.71. The van der Waals surface area contributed by atoms with E-state index in [0.717, 1.165) is 28.1 Å². The Bertz CT molecular complexity index is 1060. The van der Waals surface area contributed by atoms with Gasteiger partial charge in [-0.25, -0.2) is 4.68 Å². The molecule has 0 aliphatic carbocycles. The number of nitriles is 1. The Kier molecular flexibility index (Phi) is 3.74. The van der Waals surface area contributed by atoms with Gasteiger partial charge >= 0.3 is 0 Å². The molecule has 0 amide bonds. The van der Waals surface area contributed by atoms with Crippen LogP contribution >= 0.6 is 0 Å². The molecule has 2 aromatic carbocycles. The fourth-order valence-electron chi connectivity index (χ4n) is 3.44. The average Bonchev–Trinajstić information content (AvgIpc) is 2.97. The zero-order valence-electron chi connectivity index (χ0n) is 14.6. The molecule has 1 aliphatic heterocycles. The predicted molar refractivity (Wildman–Crippen MR) is 98.8 cm³/mol. The molecule has 1 aromatic heterocycles. The standard InChI is InChI=1S/C21H18N4O/c1-13-7-6-8-15(11-13)19-17(12-22)20(23)26-21-18(19)14(2)24-25(21)16-9-4-3-5-10-16/h3-11,19H,23H2,1-2H3. The minimum atomic E-state index is -0.291. The maximum absolute atomic E-state index is 9.71. The average molecular weight is 342 g/mol. The first kappa shape index (κ1) is 16.0. The number of benzene rings is 2. The summed E-state index contributed by atoms with van der Waals surface area (Å²) in [5, 5.41) is 14.4. The summed E-state index contributed by atoms with van der Waals surface area (Å²) in [5.74, 6) is 0.404. The van der Waals surface area contributed by atoms with Crippen LogP contribution in [0.4, 0.5) is 0 Å². The van der Waals surface area contributed by atoms with Gasteiger partial charge in [0.2, 0.25) is 11.8 Å². The van der Waals surface area contributed by atoms with Crippen LogP contribution in [0.3, 0.4) is 0 Å². The number of para-hydroxylation sites is 1. The summed E-state index contributed by atoms with van der Waals surface area (Å²) >= 11 is 0. The molecule has 2 heterocycles. The number of nitrogens with zero attached hydrogens (tertiary/aromatic N) is 3. The molecule has 2 N–H and O–H groups in total. The van der Waals surface area contributed by atoms with E-state index >= 15 is 0 Å². The zero-order valence-corrected chi connectivity index (χ0v) is 14.6. The van der Waals surface area contributed by atoms with Crippen LogP contribution in [0.15, 0.2) is 66.1 Å². The predicted octanol–water partition coefficient (Wildman–Crippen LogP) is 3.71. The number of hydrogen-bond donors (Lipinski definition) is 1. The molecule has 0 saturated heterocycles. The van der Waals surface area contributed by atoms with Crippen molar-refractivity contribution in [3.63, 3.8) is 0 Å². The highest BCUT2D eigenvalue weighted by molar-refractivity contribution is 5.57. The van der Waals surface area contributed by atoms with Crippen molar-refractivity contribution < 1.29 is 4.74 Å². The molecule has 26 heavy (non-hydrogen) atoms. The zero-order chi connectivity index (χ0) is 18.3. The van der Waals surface area contributed by atoms with Gasteiger partial charge in [0.15, 0.2) is 0 Å². The molecule has 1 unspecified atom stereocenters. The Morgan fingerprint density at radius 1 is 1.12 bits per heavy atom. The molecule has 0 fully saturated rings. The van der Waals surface area contributed by atoms with Gasteiger partial charge in [0, 0.05) is 0 Å². The highest BCUT2D eigenvalue weighted by Gasteiger charge is 2.36. The highest BCUT2D eigenvalue weighted by Crippen LogP contribution is 2.44. The molecular formula is C21H18N4O.